The van der Waals surface area contributed by atoms with Gasteiger partial charge in [-0.3, -0.25) is 4.79 Å². The first-order chi connectivity index (χ1) is 15.1. The van der Waals surface area contributed by atoms with E-state index in [0.29, 0.717) is 34.7 Å². The van der Waals surface area contributed by atoms with Crippen molar-refractivity contribution in [2.24, 2.45) is 0 Å². The van der Waals surface area contributed by atoms with E-state index in [1.54, 1.807) is 24.5 Å². The van der Waals surface area contributed by atoms with Crippen molar-refractivity contribution in [1.82, 2.24) is 30.0 Å². The Labute approximate surface area is 177 Å². The lowest BCUT2D eigenvalue weighted by Crippen LogP contribution is -2.44. The van der Waals surface area contributed by atoms with Crippen molar-refractivity contribution in [3.63, 3.8) is 0 Å². The van der Waals surface area contributed by atoms with Crippen LogP contribution in [0.1, 0.15) is 6.92 Å². The van der Waals surface area contributed by atoms with Crippen LogP contribution in [0.4, 0.5) is 5.95 Å². The highest BCUT2D eigenvalue weighted by Gasteiger charge is 2.20. The van der Waals surface area contributed by atoms with Crippen LogP contribution in [-0.4, -0.2) is 56.0 Å². The molecule has 10 nitrogen and oxygen atoms in total. The zero-order valence-corrected chi connectivity index (χ0v) is 16.9. The molecule has 4 aromatic rings. The van der Waals surface area contributed by atoms with E-state index in [-0.39, 0.29) is 23.0 Å². The highest BCUT2D eigenvalue weighted by Crippen LogP contribution is 2.25. The maximum Gasteiger partial charge on any atom is 0.253 e. The minimum atomic E-state index is -0.257. The number of hydrogen-bond acceptors (Lipinski definition) is 9. The van der Waals surface area contributed by atoms with Gasteiger partial charge in [0.2, 0.25) is 17.3 Å². The van der Waals surface area contributed by atoms with Crippen LogP contribution < -0.4 is 15.6 Å². The fourth-order valence-electron chi connectivity index (χ4n) is 3.63. The van der Waals surface area contributed by atoms with Crippen LogP contribution in [0, 0.1) is 0 Å². The Balaban J connectivity index is 1.58. The number of rotatable bonds is 4. The standard InChI is InChI=1S/C21H21N7O3/c1-2-27-12-16(20-26-25-19(31-20)13-3-5-14(29)6-4-13)17(30)15-11-23-21(24-18(15)27)28-9-7-22-8-10-28/h3-6,11-12,22,29H,2,7-10H2,1H3. The van der Waals surface area contributed by atoms with E-state index in [0.717, 1.165) is 26.2 Å². The average molecular weight is 419 g/mol. The second-order valence-electron chi connectivity index (χ2n) is 7.26. The second kappa shape index (κ2) is 7.80. The summed E-state index contributed by atoms with van der Waals surface area (Å²) in [6.45, 7) is 5.99. The summed E-state index contributed by atoms with van der Waals surface area (Å²) in [4.78, 5) is 24.4. The molecule has 5 rings (SSSR count). The average Bonchev–Trinajstić information content (AvgIpc) is 3.30. The van der Waals surface area contributed by atoms with Gasteiger partial charge in [-0.15, -0.1) is 10.2 Å². The molecule has 1 fully saturated rings. The molecule has 0 amide bonds. The van der Waals surface area contributed by atoms with E-state index < -0.39 is 0 Å². The van der Waals surface area contributed by atoms with Crippen LogP contribution in [0.3, 0.4) is 0 Å². The van der Waals surface area contributed by atoms with Gasteiger partial charge in [0.05, 0.1) is 5.39 Å². The van der Waals surface area contributed by atoms with E-state index in [4.69, 9.17) is 4.42 Å². The first kappa shape index (κ1) is 19.2. The molecule has 158 valence electrons. The summed E-state index contributed by atoms with van der Waals surface area (Å²) in [7, 11) is 0. The summed E-state index contributed by atoms with van der Waals surface area (Å²) in [6, 6.07) is 6.41. The summed E-state index contributed by atoms with van der Waals surface area (Å²) >= 11 is 0. The van der Waals surface area contributed by atoms with Crippen LogP contribution in [-0.2, 0) is 6.54 Å². The molecule has 1 aliphatic heterocycles. The molecule has 0 aliphatic carbocycles. The minimum Gasteiger partial charge on any atom is -0.508 e. The number of phenolic OH excluding ortho intramolecular Hbond substituents is 1. The number of nitrogens with one attached hydrogen (secondary N) is 1. The van der Waals surface area contributed by atoms with Crippen LogP contribution in [0.15, 0.2) is 45.9 Å². The quantitative estimate of drug-likeness (QED) is 0.508. The molecule has 1 saturated heterocycles. The van der Waals surface area contributed by atoms with E-state index in [2.05, 4.69) is 30.4 Å². The van der Waals surface area contributed by atoms with Crippen LogP contribution in [0.25, 0.3) is 33.9 Å². The van der Waals surface area contributed by atoms with Gasteiger partial charge in [-0.25, -0.2) is 4.98 Å². The number of aromatic nitrogens is 5. The van der Waals surface area contributed by atoms with Crippen molar-refractivity contribution in [2.75, 3.05) is 31.1 Å². The molecule has 10 heteroatoms. The highest BCUT2D eigenvalue weighted by atomic mass is 16.4. The van der Waals surface area contributed by atoms with Crippen molar-refractivity contribution < 1.29 is 9.52 Å². The Morgan fingerprint density at radius 3 is 2.61 bits per heavy atom. The predicted octanol–water partition coefficient (Wildman–Crippen LogP) is 1.64. The lowest BCUT2D eigenvalue weighted by molar-refractivity contribution is 0.475. The van der Waals surface area contributed by atoms with Crippen molar-refractivity contribution in [2.45, 2.75) is 13.5 Å². The summed E-state index contributed by atoms with van der Waals surface area (Å²) in [5.74, 6) is 1.16. The van der Waals surface area contributed by atoms with Gasteiger partial charge in [-0.05, 0) is 31.2 Å². The van der Waals surface area contributed by atoms with Crippen molar-refractivity contribution in [1.29, 1.82) is 0 Å². The maximum atomic E-state index is 13.2. The number of anilines is 1. The molecule has 1 aliphatic rings. The third kappa shape index (κ3) is 3.50. The molecule has 2 N–H and O–H groups in total. The van der Waals surface area contributed by atoms with E-state index in [1.807, 2.05) is 11.5 Å². The van der Waals surface area contributed by atoms with Gasteiger partial charge in [0.1, 0.15) is 17.0 Å². The normalized spacial score (nSPS) is 14.3. The molecule has 0 saturated carbocycles. The number of piperazine rings is 1. The Morgan fingerprint density at radius 1 is 1.13 bits per heavy atom. The number of aryl methyl sites for hydroxylation is 1. The molecule has 0 spiro atoms. The van der Waals surface area contributed by atoms with Gasteiger partial charge in [0, 0.05) is 50.7 Å². The predicted molar refractivity (Wildman–Crippen MR) is 115 cm³/mol. The first-order valence-electron chi connectivity index (χ1n) is 10.1. The van der Waals surface area contributed by atoms with Gasteiger partial charge < -0.3 is 24.3 Å². The second-order valence-corrected chi connectivity index (χ2v) is 7.26. The fraction of sp³-hybridized carbons (Fsp3) is 0.286. The zero-order valence-electron chi connectivity index (χ0n) is 16.9. The number of nitrogens with zero attached hydrogens (tertiary/aromatic N) is 6. The topological polar surface area (TPSA) is 122 Å². The molecule has 1 aromatic carbocycles. The SMILES string of the molecule is CCn1cc(-c2nnc(-c3ccc(O)cc3)o2)c(=O)c2cnc(N3CCNCC3)nc21. The Morgan fingerprint density at radius 2 is 1.87 bits per heavy atom. The van der Waals surface area contributed by atoms with Crippen LogP contribution in [0.2, 0.25) is 0 Å². The summed E-state index contributed by atoms with van der Waals surface area (Å²) in [6.07, 6.45) is 3.28. The molecule has 31 heavy (non-hydrogen) atoms. The molecule has 0 unspecified atom stereocenters. The number of benzene rings is 1. The monoisotopic (exact) mass is 419 g/mol. The number of hydrogen-bond donors (Lipinski definition) is 2. The Bertz CT molecular complexity index is 1290. The molecule has 0 atom stereocenters. The van der Waals surface area contributed by atoms with Gasteiger partial charge >= 0.3 is 0 Å². The number of pyridine rings is 1. The molecule has 0 radical (unpaired) electrons. The van der Waals surface area contributed by atoms with Gasteiger partial charge in [-0.2, -0.15) is 4.98 Å². The van der Waals surface area contributed by atoms with Gasteiger partial charge in [0.15, 0.2) is 0 Å². The third-order valence-electron chi connectivity index (χ3n) is 5.31. The van der Waals surface area contributed by atoms with Gasteiger partial charge in [-0.1, -0.05) is 0 Å². The lowest BCUT2D eigenvalue weighted by atomic mass is 10.2. The third-order valence-corrected chi connectivity index (χ3v) is 5.31. The van der Waals surface area contributed by atoms with Crippen molar-refractivity contribution in [3.05, 3.63) is 46.9 Å². The number of phenols is 1. The fourth-order valence-corrected chi connectivity index (χ4v) is 3.63. The minimum absolute atomic E-state index is 0.128. The van der Waals surface area contributed by atoms with Crippen molar-refractivity contribution in [3.8, 4) is 28.7 Å². The molecular formula is C21H21N7O3. The van der Waals surface area contributed by atoms with Crippen molar-refractivity contribution >= 4 is 17.0 Å². The van der Waals surface area contributed by atoms with Crippen LogP contribution >= 0.6 is 0 Å². The van der Waals surface area contributed by atoms with Crippen LogP contribution in [0.5, 0.6) is 5.75 Å². The summed E-state index contributed by atoms with van der Waals surface area (Å²) in [5.41, 5.74) is 1.27. The Kier molecular flexibility index (Phi) is 4.83. The van der Waals surface area contributed by atoms with E-state index in [9.17, 15) is 9.90 Å². The molecule has 4 heterocycles. The lowest BCUT2D eigenvalue weighted by Gasteiger charge is -2.27. The molecule has 3 aromatic heterocycles. The number of aromatic hydroxyl groups is 1. The smallest absolute Gasteiger partial charge is 0.253 e. The van der Waals surface area contributed by atoms with E-state index >= 15 is 0 Å². The first-order valence-corrected chi connectivity index (χ1v) is 10.1. The molecule has 0 bridgehead atoms. The molecular weight excluding hydrogens is 398 g/mol. The van der Waals surface area contributed by atoms with Gasteiger partial charge in [0.25, 0.3) is 5.89 Å². The van der Waals surface area contributed by atoms with E-state index in [1.165, 1.54) is 12.1 Å². The largest absolute Gasteiger partial charge is 0.508 e. The highest BCUT2D eigenvalue weighted by molar-refractivity contribution is 5.80. The maximum absolute atomic E-state index is 13.2. The zero-order chi connectivity index (χ0) is 21.4. The number of fused-ring (bicyclic) bond motifs is 1. The Hall–Kier alpha value is -3.79. The summed E-state index contributed by atoms with van der Waals surface area (Å²) in [5, 5.41) is 21.3. The summed E-state index contributed by atoms with van der Waals surface area (Å²) < 4.78 is 7.66.